The Morgan fingerprint density at radius 2 is 2.00 bits per heavy atom. The summed E-state index contributed by atoms with van der Waals surface area (Å²) in [5.41, 5.74) is 0.619. The number of hydrogen-bond acceptors (Lipinski definition) is 8. The second-order valence-corrected chi connectivity index (χ2v) is 10.5. The molecule has 1 fully saturated rings. The van der Waals surface area contributed by atoms with Crippen molar-refractivity contribution in [2.24, 2.45) is 5.16 Å². The Labute approximate surface area is 226 Å². The monoisotopic (exact) mass is 613 g/mol. The number of amides is 1. The van der Waals surface area contributed by atoms with E-state index in [-0.39, 0.29) is 17.6 Å². The Kier molecular flexibility index (Phi) is 7.61. The number of hydrogen-bond donors (Lipinski definition) is 0. The van der Waals surface area contributed by atoms with Crippen molar-refractivity contribution in [3.05, 3.63) is 68.1 Å². The van der Waals surface area contributed by atoms with Crippen LogP contribution in [0.5, 0.6) is 6.01 Å². The molecule has 2 aliphatic heterocycles. The summed E-state index contributed by atoms with van der Waals surface area (Å²) in [6, 6.07) is 4.98. The van der Waals surface area contributed by atoms with E-state index in [9.17, 15) is 22.4 Å². The van der Waals surface area contributed by atoms with E-state index >= 15 is 0 Å². The van der Waals surface area contributed by atoms with Crippen LogP contribution in [0.3, 0.4) is 0 Å². The minimum absolute atomic E-state index is 0.143. The first-order valence-electron chi connectivity index (χ1n) is 11.6. The number of piperidine rings is 1. The number of nitrogens with zero attached hydrogens (tertiary/aromatic N) is 5. The van der Waals surface area contributed by atoms with E-state index in [1.807, 2.05) is 5.38 Å². The number of oxime groups is 1. The van der Waals surface area contributed by atoms with Gasteiger partial charge < -0.3 is 14.5 Å². The molecule has 1 atom stereocenters. The molecule has 1 aromatic carbocycles. The lowest BCUT2D eigenvalue weighted by Gasteiger charge is -2.31. The van der Waals surface area contributed by atoms with Crippen LogP contribution >= 0.6 is 27.3 Å². The van der Waals surface area contributed by atoms with Gasteiger partial charge in [0.25, 0.3) is 5.91 Å². The van der Waals surface area contributed by atoms with Crippen LogP contribution in [0.2, 0.25) is 0 Å². The summed E-state index contributed by atoms with van der Waals surface area (Å²) in [7, 11) is 0. The topological polar surface area (TPSA) is 89.8 Å². The van der Waals surface area contributed by atoms with Crippen molar-refractivity contribution in [1.82, 2.24) is 19.9 Å². The quantitative estimate of drug-likeness (QED) is 0.341. The molecule has 2 aliphatic rings. The SMILES string of the molecule is O=C(COc1nccc(C(F)(F)F)n1)N1CCC(c2nc(C3=NOC(c4c(F)cccc4Br)C3)cs2)CC1. The molecule has 3 aromatic rings. The molecule has 14 heteroatoms. The van der Waals surface area contributed by atoms with Crippen LogP contribution in [-0.4, -0.2) is 51.2 Å². The number of rotatable bonds is 6. The van der Waals surface area contributed by atoms with Crippen LogP contribution < -0.4 is 4.74 Å². The fourth-order valence-corrected chi connectivity index (χ4v) is 5.87. The maximum atomic E-state index is 14.3. The summed E-state index contributed by atoms with van der Waals surface area (Å²) in [6.07, 6.45) is -2.49. The zero-order chi connectivity index (χ0) is 26.9. The molecule has 200 valence electrons. The van der Waals surface area contributed by atoms with Crippen molar-refractivity contribution in [2.45, 2.75) is 37.5 Å². The van der Waals surface area contributed by atoms with Crippen LogP contribution in [0.15, 0.2) is 45.5 Å². The second kappa shape index (κ2) is 10.9. The Morgan fingerprint density at radius 1 is 1.21 bits per heavy atom. The molecule has 0 bridgehead atoms. The number of halogens is 5. The minimum atomic E-state index is -4.63. The van der Waals surface area contributed by atoms with Crippen LogP contribution in [0.4, 0.5) is 17.6 Å². The predicted octanol–water partition coefficient (Wildman–Crippen LogP) is 5.50. The maximum absolute atomic E-state index is 14.3. The third-order valence-corrected chi connectivity index (χ3v) is 7.95. The van der Waals surface area contributed by atoms with Crippen molar-refractivity contribution >= 4 is 38.9 Å². The summed E-state index contributed by atoms with van der Waals surface area (Å²) < 4.78 is 58.4. The molecular weight excluding hydrogens is 594 g/mol. The van der Waals surface area contributed by atoms with Crippen molar-refractivity contribution in [3.8, 4) is 6.01 Å². The minimum Gasteiger partial charge on any atom is -0.453 e. The highest BCUT2D eigenvalue weighted by atomic mass is 79.9. The van der Waals surface area contributed by atoms with Crippen LogP contribution in [0.1, 0.15) is 53.2 Å². The Bertz CT molecular complexity index is 1340. The highest BCUT2D eigenvalue weighted by Crippen LogP contribution is 2.37. The zero-order valence-electron chi connectivity index (χ0n) is 19.6. The summed E-state index contributed by atoms with van der Waals surface area (Å²) >= 11 is 4.87. The van der Waals surface area contributed by atoms with E-state index in [4.69, 9.17) is 14.6 Å². The number of thiazole rings is 1. The van der Waals surface area contributed by atoms with Gasteiger partial charge in [-0.2, -0.15) is 18.2 Å². The van der Waals surface area contributed by atoms with Gasteiger partial charge in [-0.15, -0.1) is 11.3 Å². The standard InChI is InChI=1S/C24H20BrF4N5O3S/c25-14-2-1-3-15(26)21(14)18-10-16(33-37-18)17-12-38-22(31-17)13-5-8-34(9-6-13)20(35)11-36-23-30-7-4-19(32-23)24(27,28)29/h1-4,7,12-13,18H,5-6,8-11H2. The van der Waals surface area contributed by atoms with Crippen LogP contribution in [0.25, 0.3) is 0 Å². The number of carbonyl (C=O) groups is 1. The molecule has 8 nitrogen and oxygen atoms in total. The third-order valence-electron chi connectivity index (χ3n) is 6.25. The lowest BCUT2D eigenvalue weighted by Crippen LogP contribution is -2.40. The van der Waals surface area contributed by atoms with Gasteiger partial charge in [0.15, 0.2) is 18.4 Å². The summed E-state index contributed by atoms with van der Waals surface area (Å²) in [6.45, 7) is 0.462. The molecule has 0 aliphatic carbocycles. The number of benzene rings is 1. The number of ether oxygens (including phenoxy) is 1. The van der Waals surface area contributed by atoms with Gasteiger partial charge in [0.2, 0.25) is 0 Å². The molecule has 4 heterocycles. The van der Waals surface area contributed by atoms with Gasteiger partial charge in [-0.25, -0.2) is 14.4 Å². The van der Waals surface area contributed by atoms with E-state index in [2.05, 4.69) is 31.1 Å². The van der Waals surface area contributed by atoms with E-state index in [1.54, 1.807) is 17.0 Å². The van der Waals surface area contributed by atoms with Gasteiger partial charge in [-0.3, -0.25) is 4.79 Å². The fraction of sp³-hybridized carbons (Fsp3) is 0.375. The van der Waals surface area contributed by atoms with Crippen LogP contribution in [-0.2, 0) is 15.8 Å². The van der Waals surface area contributed by atoms with Crippen molar-refractivity contribution < 1.29 is 31.9 Å². The molecule has 38 heavy (non-hydrogen) atoms. The van der Waals surface area contributed by atoms with Crippen LogP contribution in [0, 0.1) is 5.82 Å². The molecule has 1 saturated heterocycles. The number of alkyl halides is 3. The van der Waals surface area contributed by atoms with E-state index in [0.29, 0.717) is 53.8 Å². The first-order chi connectivity index (χ1) is 18.2. The van der Waals surface area contributed by atoms with Gasteiger partial charge in [0.05, 0.1) is 10.7 Å². The van der Waals surface area contributed by atoms with Crippen molar-refractivity contribution in [3.63, 3.8) is 0 Å². The van der Waals surface area contributed by atoms with E-state index in [0.717, 1.165) is 17.3 Å². The molecule has 0 spiro atoms. The molecule has 0 saturated carbocycles. The van der Waals surface area contributed by atoms with Gasteiger partial charge in [-0.05, 0) is 31.0 Å². The maximum Gasteiger partial charge on any atom is 0.433 e. The zero-order valence-corrected chi connectivity index (χ0v) is 22.0. The molecule has 0 radical (unpaired) electrons. The average molecular weight is 614 g/mol. The molecule has 5 rings (SSSR count). The number of aromatic nitrogens is 3. The molecule has 0 N–H and O–H groups in total. The second-order valence-electron chi connectivity index (χ2n) is 8.71. The largest absolute Gasteiger partial charge is 0.453 e. The lowest BCUT2D eigenvalue weighted by molar-refractivity contribution is -0.141. The van der Waals surface area contributed by atoms with Gasteiger partial charge in [0.1, 0.15) is 11.5 Å². The molecule has 2 aromatic heterocycles. The fourth-order valence-electron chi connectivity index (χ4n) is 4.27. The highest BCUT2D eigenvalue weighted by Gasteiger charge is 2.34. The van der Waals surface area contributed by atoms with Gasteiger partial charge >= 0.3 is 12.2 Å². The van der Waals surface area contributed by atoms with Gasteiger partial charge in [-0.1, -0.05) is 27.2 Å². The normalized spacial score (nSPS) is 18.3. The molecule has 1 unspecified atom stereocenters. The summed E-state index contributed by atoms with van der Waals surface area (Å²) in [5.74, 6) is -0.578. The smallest absolute Gasteiger partial charge is 0.433 e. The van der Waals surface area contributed by atoms with E-state index in [1.165, 1.54) is 17.4 Å². The van der Waals surface area contributed by atoms with Gasteiger partial charge in [0, 0.05) is 47.0 Å². The summed E-state index contributed by atoms with van der Waals surface area (Å²) in [5, 5.41) is 6.95. The highest BCUT2D eigenvalue weighted by molar-refractivity contribution is 9.10. The Morgan fingerprint density at radius 3 is 2.74 bits per heavy atom. The summed E-state index contributed by atoms with van der Waals surface area (Å²) in [4.78, 5) is 31.3. The molecule has 1 amide bonds. The average Bonchev–Trinajstić information content (AvgIpc) is 3.57. The first-order valence-corrected chi connectivity index (χ1v) is 13.3. The number of carbonyl (C=O) groups excluding carboxylic acids is 1. The molecular formula is C24H20BrF4N5O3S. The van der Waals surface area contributed by atoms with Crippen molar-refractivity contribution in [2.75, 3.05) is 19.7 Å². The predicted molar refractivity (Wildman–Crippen MR) is 132 cm³/mol. The first kappa shape index (κ1) is 26.5. The van der Waals surface area contributed by atoms with Crippen molar-refractivity contribution in [1.29, 1.82) is 0 Å². The lowest BCUT2D eigenvalue weighted by atomic mass is 9.97. The Hall–Kier alpha value is -3.13. The van der Waals surface area contributed by atoms with E-state index < -0.39 is 30.6 Å². The number of likely N-dealkylation sites (tertiary alicyclic amines) is 1. The third kappa shape index (κ3) is 5.80. The Balaban J connectivity index is 1.13.